The number of carbonyl (C=O) groups excluding carboxylic acids is 2. The van der Waals surface area contributed by atoms with Gasteiger partial charge in [0.1, 0.15) is 5.69 Å². The number of amides is 2. The molecule has 0 atom stereocenters. The van der Waals surface area contributed by atoms with Gasteiger partial charge in [0.25, 0.3) is 11.5 Å². The summed E-state index contributed by atoms with van der Waals surface area (Å²) in [5.41, 5.74) is 0.712. The van der Waals surface area contributed by atoms with Crippen molar-refractivity contribution in [2.45, 2.75) is 12.8 Å². The summed E-state index contributed by atoms with van der Waals surface area (Å²) in [7, 11) is 1.60. The van der Waals surface area contributed by atoms with E-state index in [1.165, 1.54) is 10.6 Å². The number of hydrogen-bond donors (Lipinski definition) is 1. The fraction of sp³-hybridized carbons (Fsp3) is 0.235. The number of carbonyl (C=O) groups is 2. The van der Waals surface area contributed by atoms with Gasteiger partial charge in [-0.05, 0) is 36.8 Å². The number of aromatic nitrogens is 1. The summed E-state index contributed by atoms with van der Waals surface area (Å²) in [5, 5.41) is 2.84. The maximum Gasteiger partial charge on any atom is 0.274 e. The minimum Gasteiger partial charge on any atom is -0.317 e. The Balaban J connectivity index is 1.90. The van der Waals surface area contributed by atoms with Gasteiger partial charge in [0.05, 0.1) is 10.6 Å². The standard InChI is InChI=1S/C17H16ClN3O3/c1-20-8-2-4-14(17(20)24)19-16(23)12-10-11(6-7-13(12)18)21-9-3-5-15(21)22/h2,4,6-8,10H,3,5,9H2,1H3,(H,19,23). The molecule has 2 heterocycles. The van der Waals surface area contributed by atoms with Crippen LogP contribution < -0.4 is 15.8 Å². The van der Waals surface area contributed by atoms with Crippen molar-refractivity contribution in [2.24, 2.45) is 7.05 Å². The Bertz CT molecular complexity index is 876. The second-order valence-electron chi connectivity index (χ2n) is 5.61. The highest BCUT2D eigenvalue weighted by atomic mass is 35.5. The van der Waals surface area contributed by atoms with Gasteiger partial charge in [0.15, 0.2) is 0 Å². The molecule has 0 spiro atoms. The van der Waals surface area contributed by atoms with Crippen LogP contribution in [0.5, 0.6) is 0 Å². The highest BCUT2D eigenvalue weighted by molar-refractivity contribution is 6.34. The quantitative estimate of drug-likeness (QED) is 0.928. The highest BCUT2D eigenvalue weighted by Gasteiger charge is 2.23. The molecule has 1 N–H and O–H groups in total. The molecule has 0 saturated carbocycles. The van der Waals surface area contributed by atoms with Crippen LogP contribution >= 0.6 is 11.6 Å². The maximum atomic E-state index is 12.5. The van der Waals surface area contributed by atoms with Crippen LogP contribution in [0.2, 0.25) is 5.02 Å². The third kappa shape index (κ3) is 3.05. The number of pyridine rings is 1. The van der Waals surface area contributed by atoms with Crippen molar-refractivity contribution in [1.82, 2.24) is 4.57 Å². The largest absolute Gasteiger partial charge is 0.317 e. The van der Waals surface area contributed by atoms with Crippen molar-refractivity contribution in [3.05, 3.63) is 57.5 Å². The first kappa shape index (κ1) is 16.3. The minimum atomic E-state index is -0.489. The molecule has 3 rings (SSSR count). The highest BCUT2D eigenvalue weighted by Crippen LogP contribution is 2.27. The molecule has 1 aromatic heterocycles. The van der Waals surface area contributed by atoms with Crippen molar-refractivity contribution < 1.29 is 9.59 Å². The summed E-state index contributed by atoms with van der Waals surface area (Å²) in [5.74, 6) is -0.461. The van der Waals surface area contributed by atoms with Gasteiger partial charge in [-0.2, -0.15) is 0 Å². The van der Waals surface area contributed by atoms with Gasteiger partial charge >= 0.3 is 0 Å². The van der Waals surface area contributed by atoms with Crippen molar-refractivity contribution >= 4 is 34.8 Å². The van der Waals surface area contributed by atoms with E-state index in [-0.39, 0.29) is 27.7 Å². The second kappa shape index (κ2) is 6.49. The maximum absolute atomic E-state index is 12.5. The molecule has 1 aliphatic rings. The van der Waals surface area contributed by atoms with E-state index in [0.29, 0.717) is 18.7 Å². The Kier molecular flexibility index (Phi) is 4.40. The van der Waals surface area contributed by atoms with Crippen molar-refractivity contribution in [3.63, 3.8) is 0 Å². The lowest BCUT2D eigenvalue weighted by Gasteiger charge is -2.17. The van der Waals surface area contributed by atoms with Crippen LogP contribution in [0.4, 0.5) is 11.4 Å². The van der Waals surface area contributed by atoms with E-state index >= 15 is 0 Å². The molecule has 0 aliphatic carbocycles. The smallest absolute Gasteiger partial charge is 0.274 e. The normalized spacial score (nSPS) is 14.1. The number of rotatable bonds is 3. The zero-order chi connectivity index (χ0) is 17.3. The molecular formula is C17H16ClN3O3. The number of benzene rings is 1. The number of hydrogen-bond acceptors (Lipinski definition) is 3. The Hall–Kier alpha value is -2.60. The average Bonchev–Trinajstić information content (AvgIpc) is 2.98. The SMILES string of the molecule is Cn1cccc(NC(=O)c2cc(N3CCCC3=O)ccc2Cl)c1=O. The Morgan fingerprint density at radius 1 is 1.25 bits per heavy atom. The summed E-state index contributed by atoms with van der Waals surface area (Å²) >= 11 is 6.12. The first-order chi connectivity index (χ1) is 11.5. The summed E-state index contributed by atoms with van der Waals surface area (Å²) < 4.78 is 1.37. The van der Waals surface area contributed by atoms with Crippen LogP contribution in [-0.4, -0.2) is 22.9 Å². The van der Waals surface area contributed by atoms with Crippen LogP contribution in [0.25, 0.3) is 0 Å². The molecule has 7 heteroatoms. The van der Waals surface area contributed by atoms with Gasteiger partial charge < -0.3 is 14.8 Å². The second-order valence-corrected chi connectivity index (χ2v) is 6.01. The van der Waals surface area contributed by atoms with Crippen LogP contribution in [0.1, 0.15) is 23.2 Å². The van der Waals surface area contributed by atoms with E-state index in [4.69, 9.17) is 11.6 Å². The van der Waals surface area contributed by atoms with Gasteiger partial charge in [0, 0.05) is 31.9 Å². The fourth-order valence-electron chi connectivity index (χ4n) is 2.66. The molecule has 6 nitrogen and oxygen atoms in total. The molecule has 1 aliphatic heterocycles. The Morgan fingerprint density at radius 3 is 2.75 bits per heavy atom. The van der Waals surface area contributed by atoms with Crippen molar-refractivity contribution in [2.75, 3.05) is 16.8 Å². The molecule has 2 aromatic rings. The summed E-state index contributed by atoms with van der Waals surface area (Å²) in [4.78, 5) is 38.0. The number of halogens is 1. The van der Waals surface area contributed by atoms with E-state index in [1.54, 1.807) is 42.4 Å². The van der Waals surface area contributed by atoms with Crippen LogP contribution in [0, 0.1) is 0 Å². The predicted octanol–water partition coefficient (Wildman–Crippen LogP) is 2.42. The van der Waals surface area contributed by atoms with Gasteiger partial charge in [0.2, 0.25) is 5.91 Å². The molecule has 0 unspecified atom stereocenters. The van der Waals surface area contributed by atoms with Gasteiger partial charge in [-0.1, -0.05) is 11.6 Å². The lowest BCUT2D eigenvalue weighted by Crippen LogP contribution is -2.25. The van der Waals surface area contributed by atoms with Crippen LogP contribution in [-0.2, 0) is 11.8 Å². The fourth-order valence-corrected chi connectivity index (χ4v) is 2.86. The molecule has 1 aromatic carbocycles. The lowest BCUT2D eigenvalue weighted by atomic mass is 10.1. The lowest BCUT2D eigenvalue weighted by molar-refractivity contribution is -0.117. The molecule has 0 radical (unpaired) electrons. The predicted molar refractivity (Wildman–Crippen MR) is 92.7 cm³/mol. The van der Waals surface area contributed by atoms with Gasteiger partial charge in [-0.3, -0.25) is 14.4 Å². The first-order valence-electron chi connectivity index (χ1n) is 7.54. The molecule has 1 saturated heterocycles. The summed E-state index contributed by atoms with van der Waals surface area (Å²) in [6.45, 7) is 0.626. The van der Waals surface area contributed by atoms with Gasteiger partial charge in [-0.25, -0.2) is 0 Å². The molecule has 24 heavy (non-hydrogen) atoms. The minimum absolute atomic E-state index is 0.0283. The first-order valence-corrected chi connectivity index (χ1v) is 7.92. The van der Waals surface area contributed by atoms with E-state index < -0.39 is 5.91 Å². The van der Waals surface area contributed by atoms with Crippen molar-refractivity contribution in [1.29, 1.82) is 0 Å². The van der Waals surface area contributed by atoms with E-state index in [1.807, 2.05) is 0 Å². The zero-order valence-corrected chi connectivity index (χ0v) is 13.8. The summed E-state index contributed by atoms with van der Waals surface area (Å²) in [6.07, 6.45) is 2.90. The monoisotopic (exact) mass is 345 g/mol. The third-order valence-corrected chi connectivity index (χ3v) is 4.28. The van der Waals surface area contributed by atoms with Crippen LogP contribution in [0.15, 0.2) is 41.3 Å². The molecular weight excluding hydrogens is 330 g/mol. The zero-order valence-electron chi connectivity index (χ0n) is 13.1. The van der Waals surface area contributed by atoms with E-state index in [0.717, 1.165) is 6.42 Å². The van der Waals surface area contributed by atoms with Crippen LogP contribution in [0.3, 0.4) is 0 Å². The number of aryl methyl sites for hydroxylation is 1. The molecule has 1 fully saturated rings. The number of nitrogens with one attached hydrogen (secondary N) is 1. The van der Waals surface area contributed by atoms with Crippen molar-refractivity contribution in [3.8, 4) is 0 Å². The number of nitrogens with zero attached hydrogens (tertiary/aromatic N) is 2. The topological polar surface area (TPSA) is 71.4 Å². The molecule has 2 amide bonds. The van der Waals surface area contributed by atoms with Gasteiger partial charge in [-0.15, -0.1) is 0 Å². The van der Waals surface area contributed by atoms with E-state index in [2.05, 4.69) is 5.32 Å². The Morgan fingerprint density at radius 2 is 2.04 bits per heavy atom. The third-order valence-electron chi connectivity index (χ3n) is 3.95. The Labute approximate surface area is 143 Å². The molecule has 124 valence electrons. The average molecular weight is 346 g/mol. The number of anilines is 2. The van der Waals surface area contributed by atoms with E-state index in [9.17, 15) is 14.4 Å². The molecule has 0 bridgehead atoms. The summed E-state index contributed by atoms with van der Waals surface area (Å²) in [6, 6.07) is 8.07.